The summed E-state index contributed by atoms with van der Waals surface area (Å²) in [4.78, 5) is 29.7. The zero-order valence-electron chi connectivity index (χ0n) is 12.5. The van der Waals surface area contributed by atoms with Gasteiger partial charge in [0.15, 0.2) is 5.13 Å². The molecule has 0 spiro atoms. The molecule has 0 bridgehead atoms. The number of thiazole rings is 1. The Hall–Kier alpha value is -2.32. The van der Waals surface area contributed by atoms with Crippen molar-refractivity contribution >= 4 is 28.3 Å². The minimum absolute atomic E-state index is 0.0781. The molecule has 2 rings (SSSR count). The highest BCUT2D eigenvalue weighted by molar-refractivity contribution is 7.13. The zero-order valence-corrected chi connectivity index (χ0v) is 13.3. The molecule has 0 unspecified atom stereocenters. The molecule has 2 amide bonds. The largest absolute Gasteiger partial charge is 0.383 e. The van der Waals surface area contributed by atoms with E-state index in [0.717, 1.165) is 0 Å². The molecule has 1 aromatic heterocycles. The van der Waals surface area contributed by atoms with Crippen LogP contribution in [0.5, 0.6) is 0 Å². The standard InChI is InChI=1S/C15H16FN3O3S/c1-22-8-7-19(10-13(20)18-15-17-6-9-23-15)14(21)11-4-2-3-5-12(11)16/h2-6,9H,7-8,10H2,1H3,(H,17,18,20). The van der Waals surface area contributed by atoms with Crippen molar-refractivity contribution in [1.29, 1.82) is 0 Å². The van der Waals surface area contributed by atoms with Crippen molar-refractivity contribution < 1.29 is 18.7 Å². The molecular weight excluding hydrogens is 321 g/mol. The summed E-state index contributed by atoms with van der Waals surface area (Å²) in [6, 6.07) is 5.66. The lowest BCUT2D eigenvalue weighted by molar-refractivity contribution is -0.117. The van der Waals surface area contributed by atoms with E-state index in [0.29, 0.717) is 5.13 Å². The first kappa shape index (κ1) is 17.0. The van der Waals surface area contributed by atoms with Gasteiger partial charge < -0.3 is 15.0 Å². The second-order valence-electron chi connectivity index (χ2n) is 4.58. The number of benzene rings is 1. The molecule has 8 heteroatoms. The molecule has 6 nitrogen and oxygen atoms in total. The van der Waals surface area contributed by atoms with Crippen LogP contribution in [0.15, 0.2) is 35.8 Å². The van der Waals surface area contributed by atoms with Crippen molar-refractivity contribution in [3.63, 3.8) is 0 Å². The molecule has 0 fully saturated rings. The van der Waals surface area contributed by atoms with Crippen LogP contribution in [0.1, 0.15) is 10.4 Å². The van der Waals surface area contributed by atoms with Gasteiger partial charge in [-0.2, -0.15) is 0 Å². The normalized spacial score (nSPS) is 10.3. The second-order valence-corrected chi connectivity index (χ2v) is 5.48. The van der Waals surface area contributed by atoms with E-state index in [9.17, 15) is 14.0 Å². The highest BCUT2D eigenvalue weighted by Crippen LogP contribution is 2.12. The van der Waals surface area contributed by atoms with E-state index in [1.54, 1.807) is 17.6 Å². The summed E-state index contributed by atoms with van der Waals surface area (Å²) < 4.78 is 18.7. The second kappa shape index (κ2) is 8.35. The SMILES string of the molecule is COCCN(CC(=O)Nc1nccs1)C(=O)c1ccccc1F. The van der Waals surface area contributed by atoms with Crippen LogP contribution in [0.25, 0.3) is 0 Å². The van der Waals surface area contributed by atoms with E-state index in [2.05, 4.69) is 10.3 Å². The summed E-state index contributed by atoms with van der Waals surface area (Å²) in [6.07, 6.45) is 1.56. The number of methoxy groups -OCH3 is 1. The van der Waals surface area contributed by atoms with Gasteiger partial charge in [0.1, 0.15) is 12.4 Å². The van der Waals surface area contributed by atoms with Crippen molar-refractivity contribution in [1.82, 2.24) is 9.88 Å². The number of halogens is 1. The van der Waals surface area contributed by atoms with Crippen LogP contribution in [-0.2, 0) is 9.53 Å². The van der Waals surface area contributed by atoms with E-state index >= 15 is 0 Å². The minimum Gasteiger partial charge on any atom is -0.383 e. The maximum atomic E-state index is 13.8. The fraction of sp³-hybridized carbons (Fsp3) is 0.267. The molecule has 1 heterocycles. The minimum atomic E-state index is -0.625. The monoisotopic (exact) mass is 337 g/mol. The third-order valence-corrected chi connectivity index (χ3v) is 3.66. The van der Waals surface area contributed by atoms with E-state index in [1.807, 2.05) is 0 Å². The Morgan fingerprint density at radius 2 is 2.17 bits per heavy atom. The van der Waals surface area contributed by atoms with Gasteiger partial charge >= 0.3 is 0 Å². The van der Waals surface area contributed by atoms with Crippen molar-refractivity contribution in [3.8, 4) is 0 Å². The van der Waals surface area contributed by atoms with Gasteiger partial charge in [-0.05, 0) is 12.1 Å². The molecule has 0 atom stereocenters. The molecule has 0 saturated heterocycles. The molecule has 0 saturated carbocycles. The Balaban J connectivity index is 2.08. The number of anilines is 1. The van der Waals surface area contributed by atoms with E-state index in [1.165, 1.54) is 41.5 Å². The number of aromatic nitrogens is 1. The van der Waals surface area contributed by atoms with E-state index in [4.69, 9.17) is 4.74 Å². The lowest BCUT2D eigenvalue weighted by atomic mass is 10.2. The number of rotatable bonds is 7. The molecule has 0 radical (unpaired) electrons. The number of carbonyl (C=O) groups is 2. The maximum Gasteiger partial charge on any atom is 0.257 e. The van der Waals surface area contributed by atoms with Crippen LogP contribution in [-0.4, -0.2) is 48.5 Å². The Morgan fingerprint density at radius 3 is 2.83 bits per heavy atom. The molecule has 2 aromatic rings. The van der Waals surface area contributed by atoms with Crippen molar-refractivity contribution in [2.45, 2.75) is 0 Å². The predicted octanol–water partition coefficient (Wildman–Crippen LogP) is 2.01. The summed E-state index contributed by atoms with van der Waals surface area (Å²) in [5, 5.41) is 4.76. The molecule has 0 aliphatic carbocycles. The number of nitrogens with zero attached hydrogens (tertiary/aromatic N) is 2. The van der Waals surface area contributed by atoms with Crippen LogP contribution in [0.3, 0.4) is 0 Å². The van der Waals surface area contributed by atoms with Crippen LogP contribution < -0.4 is 5.32 Å². The first-order valence-electron chi connectivity index (χ1n) is 6.84. The number of nitrogens with one attached hydrogen (secondary N) is 1. The Labute approximate surface area is 136 Å². The topological polar surface area (TPSA) is 71.5 Å². The van der Waals surface area contributed by atoms with Crippen LogP contribution >= 0.6 is 11.3 Å². The number of ether oxygens (including phenoxy) is 1. The first-order valence-corrected chi connectivity index (χ1v) is 7.72. The van der Waals surface area contributed by atoms with Gasteiger partial charge in [-0.15, -0.1) is 11.3 Å². The molecule has 23 heavy (non-hydrogen) atoms. The molecule has 122 valence electrons. The first-order chi connectivity index (χ1) is 11.1. The van der Waals surface area contributed by atoms with Gasteiger partial charge in [0, 0.05) is 25.2 Å². The van der Waals surface area contributed by atoms with Gasteiger partial charge in [-0.25, -0.2) is 9.37 Å². The third-order valence-electron chi connectivity index (χ3n) is 2.97. The number of hydrogen-bond donors (Lipinski definition) is 1. The van der Waals surface area contributed by atoms with Crippen molar-refractivity contribution in [2.24, 2.45) is 0 Å². The molecule has 1 aromatic carbocycles. The van der Waals surface area contributed by atoms with E-state index < -0.39 is 17.6 Å². The summed E-state index contributed by atoms with van der Waals surface area (Å²) in [7, 11) is 1.49. The summed E-state index contributed by atoms with van der Waals surface area (Å²) in [5.41, 5.74) is -0.0781. The molecule has 1 N–H and O–H groups in total. The van der Waals surface area contributed by atoms with Gasteiger partial charge in [0.25, 0.3) is 5.91 Å². The van der Waals surface area contributed by atoms with Crippen molar-refractivity contribution in [3.05, 3.63) is 47.2 Å². The smallest absolute Gasteiger partial charge is 0.257 e. The number of carbonyl (C=O) groups excluding carboxylic acids is 2. The third kappa shape index (κ3) is 4.83. The Kier molecular flexibility index (Phi) is 6.19. The quantitative estimate of drug-likeness (QED) is 0.839. The average molecular weight is 337 g/mol. The highest BCUT2D eigenvalue weighted by Gasteiger charge is 2.21. The fourth-order valence-electron chi connectivity index (χ4n) is 1.88. The Morgan fingerprint density at radius 1 is 1.39 bits per heavy atom. The van der Waals surface area contributed by atoms with E-state index in [-0.39, 0.29) is 25.3 Å². The van der Waals surface area contributed by atoms with Crippen LogP contribution in [0.4, 0.5) is 9.52 Å². The van der Waals surface area contributed by atoms with Gasteiger partial charge in [0.05, 0.1) is 12.2 Å². The van der Waals surface area contributed by atoms with Gasteiger partial charge in [-0.3, -0.25) is 9.59 Å². The zero-order chi connectivity index (χ0) is 16.7. The maximum absolute atomic E-state index is 13.8. The van der Waals surface area contributed by atoms with Gasteiger partial charge in [0.2, 0.25) is 5.91 Å². The predicted molar refractivity (Wildman–Crippen MR) is 84.9 cm³/mol. The molecular formula is C15H16FN3O3S. The fourth-order valence-corrected chi connectivity index (χ4v) is 2.42. The Bertz CT molecular complexity index is 664. The van der Waals surface area contributed by atoms with Crippen LogP contribution in [0.2, 0.25) is 0 Å². The molecule has 0 aliphatic heterocycles. The van der Waals surface area contributed by atoms with Crippen molar-refractivity contribution in [2.75, 3.05) is 32.1 Å². The lowest BCUT2D eigenvalue weighted by Gasteiger charge is -2.21. The summed E-state index contributed by atoms with van der Waals surface area (Å²) in [5.74, 6) is -1.59. The summed E-state index contributed by atoms with van der Waals surface area (Å²) >= 11 is 1.27. The summed E-state index contributed by atoms with van der Waals surface area (Å²) in [6.45, 7) is 0.204. The highest BCUT2D eigenvalue weighted by atomic mass is 32.1. The van der Waals surface area contributed by atoms with Gasteiger partial charge in [-0.1, -0.05) is 12.1 Å². The average Bonchev–Trinajstić information content (AvgIpc) is 3.04. The number of amides is 2. The van der Waals surface area contributed by atoms with Crippen LogP contribution in [0, 0.1) is 5.82 Å². The number of hydrogen-bond acceptors (Lipinski definition) is 5. The lowest BCUT2D eigenvalue weighted by Crippen LogP contribution is -2.40. The molecule has 0 aliphatic rings.